The molecule has 0 fully saturated rings. The number of nitrogens with one attached hydrogen (secondary N) is 1. The van der Waals surface area contributed by atoms with E-state index in [1.165, 1.54) is 28.7 Å². The lowest BCUT2D eigenvalue weighted by molar-refractivity contribution is -0.113. The number of amides is 1. The van der Waals surface area contributed by atoms with Crippen LogP contribution in [0.15, 0.2) is 65.1 Å². The van der Waals surface area contributed by atoms with Gasteiger partial charge in [0.15, 0.2) is 16.1 Å². The van der Waals surface area contributed by atoms with Crippen molar-refractivity contribution in [2.45, 2.75) is 31.5 Å². The third-order valence-electron chi connectivity index (χ3n) is 4.99. The summed E-state index contributed by atoms with van der Waals surface area (Å²) in [6.07, 6.45) is 0. The van der Waals surface area contributed by atoms with Gasteiger partial charge in [-0.05, 0) is 23.6 Å². The van der Waals surface area contributed by atoms with Crippen LogP contribution in [-0.4, -0.2) is 31.4 Å². The van der Waals surface area contributed by atoms with Gasteiger partial charge in [-0.25, -0.2) is 4.98 Å². The van der Waals surface area contributed by atoms with Crippen molar-refractivity contribution in [2.75, 3.05) is 11.1 Å². The Hall–Kier alpha value is -3.17. The molecule has 0 radical (unpaired) electrons. The van der Waals surface area contributed by atoms with E-state index in [2.05, 4.69) is 46.5 Å². The zero-order valence-corrected chi connectivity index (χ0v) is 20.3. The minimum absolute atomic E-state index is 0.139. The zero-order valence-electron chi connectivity index (χ0n) is 18.7. The Balaban J connectivity index is 1.27. The first kappa shape index (κ1) is 23.0. The largest absolute Gasteiger partial charge is 0.486 e. The molecule has 1 N–H and O–H groups in total. The highest BCUT2D eigenvalue weighted by atomic mass is 32.2. The van der Waals surface area contributed by atoms with Crippen LogP contribution in [0.5, 0.6) is 5.75 Å². The van der Waals surface area contributed by atoms with Crippen molar-refractivity contribution in [1.82, 2.24) is 19.7 Å². The average molecular weight is 480 g/mol. The van der Waals surface area contributed by atoms with Crippen LogP contribution in [0.3, 0.4) is 0 Å². The predicted octanol–water partition coefficient (Wildman–Crippen LogP) is 5.37. The van der Waals surface area contributed by atoms with Crippen LogP contribution >= 0.6 is 23.1 Å². The van der Waals surface area contributed by atoms with Gasteiger partial charge in [-0.1, -0.05) is 68.1 Å². The second-order valence-electron chi connectivity index (χ2n) is 7.71. The lowest BCUT2D eigenvalue weighted by Gasteiger charge is -2.09. The second-order valence-corrected chi connectivity index (χ2v) is 9.51. The van der Waals surface area contributed by atoms with Gasteiger partial charge in [-0.15, -0.1) is 21.5 Å². The van der Waals surface area contributed by atoms with Crippen LogP contribution in [0.2, 0.25) is 0 Å². The topological polar surface area (TPSA) is 81.9 Å². The van der Waals surface area contributed by atoms with Crippen LogP contribution in [0.1, 0.15) is 31.2 Å². The molecule has 170 valence electrons. The molecule has 4 aromatic rings. The van der Waals surface area contributed by atoms with Crippen molar-refractivity contribution < 1.29 is 9.53 Å². The molecule has 0 aliphatic heterocycles. The van der Waals surface area contributed by atoms with Gasteiger partial charge >= 0.3 is 0 Å². The molecule has 0 aliphatic rings. The highest BCUT2D eigenvalue weighted by Gasteiger charge is 2.13. The number of thioether (sulfide) groups is 1. The zero-order chi connectivity index (χ0) is 23.2. The Kier molecular flexibility index (Phi) is 7.41. The number of aromatic nitrogens is 4. The maximum atomic E-state index is 12.4. The first-order valence-electron chi connectivity index (χ1n) is 10.5. The molecule has 0 spiro atoms. The predicted molar refractivity (Wildman–Crippen MR) is 133 cm³/mol. The SMILES string of the molecule is CC(C)c1ccc(OCc2nnc(SCC(=O)Nc3nc(-c4ccccc4)cs3)n2C)cc1. The van der Waals surface area contributed by atoms with E-state index in [4.69, 9.17) is 4.74 Å². The number of rotatable bonds is 9. The minimum Gasteiger partial charge on any atom is -0.486 e. The summed E-state index contributed by atoms with van der Waals surface area (Å²) in [4.78, 5) is 16.9. The molecular weight excluding hydrogens is 454 g/mol. The number of hydrogen-bond acceptors (Lipinski definition) is 7. The van der Waals surface area contributed by atoms with Gasteiger partial charge in [0.25, 0.3) is 0 Å². The summed E-state index contributed by atoms with van der Waals surface area (Å²) in [6.45, 7) is 4.63. The Labute approximate surface area is 201 Å². The van der Waals surface area contributed by atoms with Gasteiger partial charge in [-0.3, -0.25) is 4.79 Å². The molecule has 4 rings (SSSR count). The smallest absolute Gasteiger partial charge is 0.236 e. The Morgan fingerprint density at radius 1 is 1.12 bits per heavy atom. The van der Waals surface area contributed by atoms with E-state index >= 15 is 0 Å². The molecule has 0 atom stereocenters. The van der Waals surface area contributed by atoms with E-state index in [1.54, 1.807) is 0 Å². The summed E-state index contributed by atoms with van der Waals surface area (Å²) in [5, 5.41) is 14.4. The molecule has 0 unspecified atom stereocenters. The molecule has 0 saturated heterocycles. The van der Waals surface area contributed by atoms with Gasteiger partial charge in [0.1, 0.15) is 12.4 Å². The molecular formula is C24H25N5O2S2. The molecule has 0 bridgehead atoms. The maximum Gasteiger partial charge on any atom is 0.236 e. The highest BCUT2D eigenvalue weighted by Crippen LogP contribution is 2.25. The molecule has 9 heteroatoms. The van der Waals surface area contributed by atoms with Gasteiger partial charge < -0.3 is 14.6 Å². The lowest BCUT2D eigenvalue weighted by Crippen LogP contribution is -2.14. The van der Waals surface area contributed by atoms with E-state index < -0.39 is 0 Å². The van der Waals surface area contributed by atoms with Crippen molar-refractivity contribution >= 4 is 34.1 Å². The molecule has 1 amide bonds. The fraction of sp³-hybridized carbons (Fsp3) is 0.250. The summed E-state index contributed by atoms with van der Waals surface area (Å²) in [5.41, 5.74) is 3.14. The monoisotopic (exact) mass is 479 g/mol. The average Bonchev–Trinajstić information content (AvgIpc) is 3.43. The fourth-order valence-corrected chi connectivity index (χ4v) is 4.52. The molecule has 0 saturated carbocycles. The van der Waals surface area contributed by atoms with Crippen molar-refractivity contribution in [3.05, 3.63) is 71.4 Å². The molecule has 0 aliphatic carbocycles. The van der Waals surface area contributed by atoms with E-state index in [-0.39, 0.29) is 11.7 Å². The standard InChI is InChI=1S/C24H25N5O2S2/c1-16(2)17-9-11-19(12-10-17)31-13-21-27-28-24(29(21)3)33-15-22(30)26-23-25-20(14-32-23)18-7-5-4-6-8-18/h4-12,14,16H,13,15H2,1-3H3,(H,25,26,30). The first-order valence-corrected chi connectivity index (χ1v) is 12.4. The number of thiazole rings is 1. The van der Waals surface area contributed by atoms with Crippen molar-refractivity contribution in [3.63, 3.8) is 0 Å². The number of benzene rings is 2. The van der Waals surface area contributed by atoms with Crippen LogP contribution < -0.4 is 10.1 Å². The Morgan fingerprint density at radius 2 is 1.88 bits per heavy atom. The minimum atomic E-state index is -0.139. The quantitative estimate of drug-likeness (QED) is 0.325. The number of hydrogen-bond donors (Lipinski definition) is 1. The summed E-state index contributed by atoms with van der Waals surface area (Å²) < 4.78 is 7.69. The van der Waals surface area contributed by atoms with Crippen LogP contribution in [0.4, 0.5) is 5.13 Å². The normalized spacial score (nSPS) is 11.0. The number of carbonyl (C=O) groups is 1. The van der Waals surface area contributed by atoms with Gasteiger partial charge in [0.2, 0.25) is 5.91 Å². The lowest BCUT2D eigenvalue weighted by atomic mass is 10.0. The van der Waals surface area contributed by atoms with Crippen LogP contribution in [0, 0.1) is 0 Å². The van der Waals surface area contributed by atoms with Gasteiger partial charge in [0.05, 0.1) is 11.4 Å². The number of nitrogens with zero attached hydrogens (tertiary/aromatic N) is 4. The van der Waals surface area contributed by atoms with Crippen LogP contribution in [-0.2, 0) is 18.4 Å². The van der Waals surface area contributed by atoms with E-state index in [0.717, 1.165) is 17.0 Å². The number of ether oxygens (including phenoxy) is 1. The van der Waals surface area contributed by atoms with Crippen LogP contribution in [0.25, 0.3) is 11.3 Å². The maximum absolute atomic E-state index is 12.4. The summed E-state index contributed by atoms with van der Waals surface area (Å²) in [7, 11) is 1.87. The Morgan fingerprint density at radius 3 is 2.61 bits per heavy atom. The third-order valence-corrected chi connectivity index (χ3v) is 6.77. The number of carbonyl (C=O) groups excluding carboxylic acids is 1. The molecule has 2 aromatic carbocycles. The van der Waals surface area contributed by atoms with Crippen molar-refractivity contribution in [2.24, 2.45) is 7.05 Å². The van der Waals surface area contributed by atoms with E-state index in [0.29, 0.717) is 28.6 Å². The third kappa shape index (κ3) is 6.00. The van der Waals surface area contributed by atoms with Crippen molar-refractivity contribution in [1.29, 1.82) is 0 Å². The number of anilines is 1. The Bertz CT molecular complexity index is 1200. The molecule has 33 heavy (non-hydrogen) atoms. The molecule has 2 aromatic heterocycles. The molecule has 2 heterocycles. The van der Waals surface area contributed by atoms with Gasteiger partial charge in [0, 0.05) is 18.0 Å². The van der Waals surface area contributed by atoms with E-state index in [9.17, 15) is 4.79 Å². The van der Waals surface area contributed by atoms with E-state index in [1.807, 2.05) is 59.5 Å². The summed E-state index contributed by atoms with van der Waals surface area (Å²) in [5.74, 6) is 2.03. The second kappa shape index (κ2) is 10.6. The fourth-order valence-electron chi connectivity index (χ4n) is 3.05. The summed E-state index contributed by atoms with van der Waals surface area (Å²) >= 11 is 2.73. The summed E-state index contributed by atoms with van der Waals surface area (Å²) in [6, 6.07) is 18.0. The first-order chi connectivity index (χ1) is 16.0. The van der Waals surface area contributed by atoms with Crippen molar-refractivity contribution in [3.8, 4) is 17.0 Å². The molecule has 7 nitrogen and oxygen atoms in total. The van der Waals surface area contributed by atoms with Gasteiger partial charge in [-0.2, -0.15) is 0 Å². The highest BCUT2D eigenvalue weighted by molar-refractivity contribution is 7.99.